The van der Waals surface area contributed by atoms with Gasteiger partial charge in [0.2, 0.25) is 5.91 Å². The van der Waals surface area contributed by atoms with Gasteiger partial charge in [0, 0.05) is 35.0 Å². The zero-order valence-electron chi connectivity index (χ0n) is 17.8. The van der Waals surface area contributed by atoms with Gasteiger partial charge in [0.25, 0.3) is 0 Å². The Labute approximate surface area is 205 Å². The molecule has 0 saturated heterocycles. The number of nitrogens with zero attached hydrogens (tertiary/aromatic N) is 2. The van der Waals surface area contributed by atoms with Crippen LogP contribution in [0.1, 0.15) is 23.6 Å². The number of alkyl halides is 3. The third-order valence-corrected chi connectivity index (χ3v) is 4.94. The number of hydrogen-bond donors (Lipinski definition) is 2. The Morgan fingerprint density at radius 3 is 2.24 bits per heavy atom. The number of carbonyl (C=O) groups excluding carboxylic acids is 1. The van der Waals surface area contributed by atoms with Gasteiger partial charge < -0.3 is 10.6 Å². The SMILES string of the molecule is CC(CNc1ccc(C#N)c(-c2cc[c-]cc2)c1)C(=O)Nc1ccc(C#N)c(C(F)(F)F)c1.[Fe]. The van der Waals surface area contributed by atoms with Crippen molar-refractivity contribution in [3.05, 3.63) is 83.4 Å². The van der Waals surface area contributed by atoms with Crippen molar-refractivity contribution < 1.29 is 35.0 Å². The van der Waals surface area contributed by atoms with Crippen molar-refractivity contribution in [1.82, 2.24) is 0 Å². The number of hydrogen-bond acceptors (Lipinski definition) is 4. The molecule has 5 nitrogen and oxygen atoms in total. The summed E-state index contributed by atoms with van der Waals surface area (Å²) in [6.45, 7) is 1.84. The maximum absolute atomic E-state index is 13.1. The van der Waals surface area contributed by atoms with Crippen LogP contribution < -0.4 is 10.6 Å². The minimum Gasteiger partial charge on any atom is -0.384 e. The molecule has 3 aromatic rings. The van der Waals surface area contributed by atoms with Crippen molar-refractivity contribution in [2.45, 2.75) is 13.1 Å². The normalized spacial score (nSPS) is 11.4. The summed E-state index contributed by atoms with van der Waals surface area (Å²) in [6.07, 6.45) is -4.71. The minimum atomic E-state index is -4.71. The molecule has 0 aliphatic carbocycles. The molecule has 1 amide bonds. The van der Waals surface area contributed by atoms with Crippen molar-refractivity contribution in [1.29, 1.82) is 10.5 Å². The predicted molar refractivity (Wildman–Crippen MR) is 118 cm³/mol. The molecule has 1 unspecified atom stereocenters. The number of anilines is 2. The smallest absolute Gasteiger partial charge is 0.384 e. The fourth-order valence-corrected chi connectivity index (χ4v) is 3.14. The first-order valence-electron chi connectivity index (χ1n) is 9.89. The molecule has 0 saturated carbocycles. The molecule has 3 rings (SSSR count). The van der Waals surface area contributed by atoms with Crippen LogP contribution in [0.5, 0.6) is 0 Å². The van der Waals surface area contributed by atoms with E-state index in [1.807, 2.05) is 12.1 Å². The molecule has 0 aliphatic heterocycles. The van der Waals surface area contributed by atoms with Crippen molar-refractivity contribution >= 4 is 17.3 Å². The number of amides is 1. The summed E-state index contributed by atoms with van der Waals surface area (Å²) >= 11 is 0. The second kappa shape index (κ2) is 11.4. The monoisotopic (exact) mass is 503 g/mol. The molecule has 174 valence electrons. The molecule has 0 radical (unpaired) electrons. The first kappa shape index (κ1) is 26.5. The third-order valence-electron chi connectivity index (χ3n) is 4.94. The molecule has 0 heterocycles. The summed E-state index contributed by atoms with van der Waals surface area (Å²) in [5, 5.41) is 23.9. The molecule has 0 fully saturated rings. The molecular weight excluding hydrogens is 485 g/mol. The van der Waals surface area contributed by atoms with Crippen molar-refractivity contribution in [3.63, 3.8) is 0 Å². The fraction of sp³-hybridized carbons (Fsp3) is 0.160. The number of benzene rings is 3. The van der Waals surface area contributed by atoms with E-state index < -0.39 is 29.1 Å². The van der Waals surface area contributed by atoms with Crippen molar-refractivity contribution in [2.24, 2.45) is 5.92 Å². The second-order valence-corrected chi connectivity index (χ2v) is 7.30. The van der Waals surface area contributed by atoms with E-state index in [-0.39, 0.29) is 29.3 Å². The van der Waals surface area contributed by atoms with E-state index in [4.69, 9.17) is 5.26 Å². The summed E-state index contributed by atoms with van der Waals surface area (Å²) in [6, 6.07) is 22.0. The first-order valence-corrected chi connectivity index (χ1v) is 9.89. The van der Waals surface area contributed by atoms with Crippen molar-refractivity contribution in [3.8, 4) is 23.3 Å². The number of nitriles is 2. The van der Waals surface area contributed by atoms with Crippen LogP contribution in [0.3, 0.4) is 0 Å². The molecule has 2 N–H and O–H groups in total. The fourth-order valence-electron chi connectivity index (χ4n) is 3.14. The summed E-state index contributed by atoms with van der Waals surface area (Å²) in [4.78, 5) is 12.5. The van der Waals surface area contributed by atoms with E-state index in [1.165, 1.54) is 12.1 Å². The molecular formula is C25H18F3FeN4O-. The zero-order chi connectivity index (χ0) is 24.0. The maximum atomic E-state index is 13.1. The molecule has 1 atom stereocenters. The summed E-state index contributed by atoms with van der Waals surface area (Å²) in [5.74, 6) is -1.06. The summed E-state index contributed by atoms with van der Waals surface area (Å²) < 4.78 is 39.4. The van der Waals surface area contributed by atoms with Crippen LogP contribution in [0.4, 0.5) is 24.5 Å². The van der Waals surface area contributed by atoms with Gasteiger partial charge in [-0.1, -0.05) is 6.92 Å². The quantitative estimate of drug-likeness (QED) is 0.339. The Morgan fingerprint density at radius 1 is 1.00 bits per heavy atom. The van der Waals surface area contributed by atoms with Crippen LogP contribution in [0.15, 0.2) is 60.7 Å². The standard InChI is InChI=1S/C25H18F3N4O.Fe/c1-16(24(33)32-21-10-8-19(14-30)23(12-21)25(26,27)28)15-31-20-9-7-18(13-29)22(11-20)17-5-3-2-4-6-17;/h3-12,16,31H,15H2,1H3,(H,32,33);/q-1;. The predicted octanol–water partition coefficient (Wildman–Crippen LogP) is 5.60. The van der Waals surface area contributed by atoms with Gasteiger partial charge in [-0.25, -0.2) is 0 Å². The molecule has 34 heavy (non-hydrogen) atoms. The van der Waals surface area contributed by atoms with Gasteiger partial charge in [-0.15, -0.1) is 5.56 Å². The molecule has 9 heteroatoms. The number of nitrogens with one attached hydrogen (secondary N) is 2. The van der Waals surface area contributed by atoms with Crippen LogP contribution in [-0.2, 0) is 28.0 Å². The molecule has 3 aromatic carbocycles. The summed E-state index contributed by atoms with van der Waals surface area (Å²) in [5.41, 5.74) is 1.11. The van der Waals surface area contributed by atoms with Gasteiger partial charge in [-0.2, -0.15) is 54.0 Å². The van der Waals surface area contributed by atoms with Crippen LogP contribution >= 0.6 is 0 Å². The van der Waals surface area contributed by atoms with Crippen LogP contribution in [0.25, 0.3) is 11.1 Å². The second-order valence-electron chi connectivity index (χ2n) is 7.30. The van der Waals surface area contributed by atoms with E-state index >= 15 is 0 Å². The van der Waals surface area contributed by atoms with E-state index in [9.17, 15) is 23.2 Å². The Bertz CT molecular complexity index is 1250. The Hall–Kier alpha value is -3.78. The Morgan fingerprint density at radius 2 is 1.62 bits per heavy atom. The van der Waals surface area contributed by atoms with E-state index in [0.29, 0.717) is 11.3 Å². The average molecular weight is 503 g/mol. The number of carbonyl (C=O) groups is 1. The van der Waals surface area contributed by atoms with E-state index in [0.717, 1.165) is 23.3 Å². The maximum Gasteiger partial charge on any atom is 0.417 e. The van der Waals surface area contributed by atoms with E-state index in [2.05, 4.69) is 22.8 Å². The zero-order valence-corrected chi connectivity index (χ0v) is 19.0. The molecule has 0 aliphatic rings. The Kier molecular flexibility index (Phi) is 8.86. The van der Waals surface area contributed by atoms with Gasteiger partial charge in [-0.3, -0.25) is 4.79 Å². The van der Waals surface area contributed by atoms with Gasteiger partial charge in [0.15, 0.2) is 0 Å². The van der Waals surface area contributed by atoms with Gasteiger partial charge >= 0.3 is 6.18 Å². The topological polar surface area (TPSA) is 88.7 Å². The molecule has 0 aromatic heterocycles. The van der Waals surface area contributed by atoms with Gasteiger partial charge in [0.1, 0.15) is 0 Å². The minimum absolute atomic E-state index is 0. The van der Waals surface area contributed by atoms with Gasteiger partial charge in [0.05, 0.1) is 34.7 Å². The third kappa shape index (κ3) is 6.39. The van der Waals surface area contributed by atoms with Gasteiger partial charge in [-0.05, 0) is 42.0 Å². The molecule has 0 spiro atoms. The number of rotatable bonds is 6. The number of halogens is 3. The van der Waals surface area contributed by atoms with Crippen molar-refractivity contribution in [2.75, 3.05) is 17.2 Å². The summed E-state index contributed by atoms with van der Waals surface area (Å²) in [7, 11) is 0. The largest absolute Gasteiger partial charge is 0.417 e. The first-order chi connectivity index (χ1) is 15.7. The average Bonchev–Trinajstić information content (AvgIpc) is 2.82. The van der Waals surface area contributed by atoms with Crippen LogP contribution in [-0.4, -0.2) is 12.5 Å². The van der Waals surface area contributed by atoms with Crippen LogP contribution in [0.2, 0.25) is 0 Å². The van der Waals surface area contributed by atoms with E-state index in [1.54, 1.807) is 37.3 Å². The van der Waals surface area contributed by atoms with Crippen LogP contribution in [0, 0.1) is 34.6 Å². The Balaban J connectivity index is 0.00000408. The molecule has 0 bridgehead atoms.